The Kier molecular flexibility index (Phi) is 7.33. The summed E-state index contributed by atoms with van der Waals surface area (Å²) < 4.78 is 19.6. The second-order valence-electron chi connectivity index (χ2n) is 8.48. The number of ether oxygens (including phenoxy) is 1. The number of esters is 1. The number of anilines is 1. The van der Waals surface area contributed by atoms with Crippen LogP contribution in [0.3, 0.4) is 0 Å². The molecule has 4 heterocycles. The molecule has 0 spiro atoms. The molecule has 7 nitrogen and oxygen atoms in total. The SMILES string of the molecule is CCOC(=O)c1sc(N2CC[C@@H](CC(=O)c3cc(Cl)c(C)[nH]3)[C@@H](C)C2)nc1-c1ncccc1F. The highest BCUT2D eigenvalue weighted by molar-refractivity contribution is 7.17. The van der Waals surface area contributed by atoms with Crippen LogP contribution in [0.25, 0.3) is 11.4 Å². The highest BCUT2D eigenvalue weighted by atomic mass is 35.5. The zero-order valence-corrected chi connectivity index (χ0v) is 20.8. The van der Waals surface area contributed by atoms with Gasteiger partial charge in [0.15, 0.2) is 16.7 Å². The zero-order valence-electron chi connectivity index (χ0n) is 19.2. The van der Waals surface area contributed by atoms with Gasteiger partial charge in [-0.1, -0.05) is 29.9 Å². The number of carbonyl (C=O) groups is 2. The van der Waals surface area contributed by atoms with Crippen LogP contribution in [-0.2, 0) is 4.74 Å². The first kappa shape index (κ1) is 24.3. The van der Waals surface area contributed by atoms with Crippen LogP contribution in [0.15, 0.2) is 24.4 Å². The highest BCUT2D eigenvalue weighted by Crippen LogP contribution is 2.37. The number of carbonyl (C=O) groups excluding carboxylic acids is 2. The van der Waals surface area contributed by atoms with Gasteiger partial charge in [-0.25, -0.2) is 14.2 Å². The quantitative estimate of drug-likeness (QED) is 0.335. The van der Waals surface area contributed by atoms with E-state index < -0.39 is 11.8 Å². The summed E-state index contributed by atoms with van der Waals surface area (Å²) in [6.07, 6.45) is 2.69. The van der Waals surface area contributed by atoms with Crippen LogP contribution in [0.1, 0.15) is 52.5 Å². The number of thiazole rings is 1. The average molecular weight is 505 g/mol. The summed E-state index contributed by atoms with van der Waals surface area (Å²) in [5, 5.41) is 1.18. The number of rotatable bonds is 7. The van der Waals surface area contributed by atoms with Gasteiger partial charge < -0.3 is 14.6 Å². The van der Waals surface area contributed by atoms with Gasteiger partial charge >= 0.3 is 5.97 Å². The molecule has 0 bridgehead atoms. The maximum atomic E-state index is 14.5. The van der Waals surface area contributed by atoms with Crippen molar-refractivity contribution in [2.24, 2.45) is 11.8 Å². The van der Waals surface area contributed by atoms with Crippen molar-refractivity contribution in [3.8, 4) is 11.4 Å². The summed E-state index contributed by atoms with van der Waals surface area (Å²) >= 11 is 7.27. The van der Waals surface area contributed by atoms with Crippen LogP contribution in [0.4, 0.5) is 9.52 Å². The number of nitrogens with one attached hydrogen (secondary N) is 1. The molecule has 1 saturated heterocycles. The zero-order chi connectivity index (χ0) is 24.4. The summed E-state index contributed by atoms with van der Waals surface area (Å²) in [5.41, 5.74) is 1.55. The largest absolute Gasteiger partial charge is 0.462 e. The predicted molar refractivity (Wildman–Crippen MR) is 130 cm³/mol. The molecule has 0 aromatic carbocycles. The molecule has 0 saturated carbocycles. The van der Waals surface area contributed by atoms with Crippen molar-refractivity contribution in [2.45, 2.75) is 33.6 Å². The molecule has 2 atom stereocenters. The summed E-state index contributed by atoms with van der Waals surface area (Å²) in [7, 11) is 0. The molecule has 180 valence electrons. The van der Waals surface area contributed by atoms with Crippen molar-refractivity contribution in [2.75, 3.05) is 24.6 Å². The van der Waals surface area contributed by atoms with Gasteiger partial charge in [0.05, 0.1) is 17.3 Å². The third-order valence-corrected chi connectivity index (χ3v) is 7.60. The predicted octanol–water partition coefficient (Wildman–Crippen LogP) is 5.55. The molecule has 0 radical (unpaired) electrons. The molecular formula is C24H26ClFN4O3S. The molecule has 10 heteroatoms. The normalized spacial score (nSPS) is 18.2. The number of hydrogen-bond donors (Lipinski definition) is 1. The molecule has 3 aromatic rings. The molecule has 0 amide bonds. The Morgan fingerprint density at radius 2 is 2.18 bits per heavy atom. The molecule has 34 heavy (non-hydrogen) atoms. The fraction of sp³-hybridized carbons (Fsp3) is 0.417. The molecule has 3 aromatic heterocycles. The summed E-state index contributed by atoms with van der Waals surface area (Å²) in [5.74, 6) is -0.612. The van der Waals surface area contributed by atoms with Gasteiger partial charge in [-0.05, 0) is 50.3 Å². The van der Waals surface area contributed by atoms with Crippen molar-refractivity contribution < 1.29 is 18.7 Å². The van der Waals surface area contributed by atoms with Gasteiger partial charge in [0.2, 0.25) is 0 Å². The van der Waals surface area contributed by atoms with Crippen LogP contribution < -0.4 is 4.90 Å². The van der Waals surface area contributed by atoms with E-state index in [1.54, 1.807) is 13.0 Å². The molecule has 1 aliphatic heterocycles. The van der Waals surface area contributed by atoms with Crippen LogP contribution in [0, 0.1) is 24.6 Å². The number of H-pyrrole nitrogens is 1. The number of aryl methyl sites for hydroxylation is 1. The standard InChI is InChI=1S/C24H26ClFN4O3S/c1-4-33-23(32)22-21(20-17(26)6-5-8-27-20)29-24(34-22)30-9-7-15(13(2)12-30)10-19(31)18-11-16(25)14(3)28-18/h5-6,8,11,13,15,28H,4,7,9-10,12H2,1-3H3/t13-,15-/m0/s1. The molecule has 0 unspecified atom stereocenters. The lowest BCUT2D eigenvalue weighted by molar-refractivity contribution is 0.0532. The number of halogens is 2. The Hall–Kier alpha value is -2.78. The third-order valence-electron chi connectivity index (χ3n) is 6.11. The smallest absolute Gasteiger partial charge is 0.350 e. The Labute approximate surface area is 206 Å². The molecule has 0 aliphatic carbocycles. The lowest BCUT2D eigenvalue weighted by atomic mass is 9.83. The maximum absolute atomic E-state index is 14.5. The number of aromatic amines is 1. The van der Waals surface area contributed by atoms with Gasteiger partial charge in [-0.15, -0.1) is 0 Å². The molecule has 1 aliphatic rings. The lowest BCUT2D eigenvalue weighted by Crippen LogP contribution is -2.40. The van der Waals surface area contributed by atoms with Crippen molar-refractivity contribution >= 4 is 39.8 Å². The summed E-state index contributed by atoms with van der Waals surface area (Å²) in [6.45, 7) is 7.21. The van der Waals surface area contributed by atoms with E-state index in [0.29, 0.717) is 35.4 Å². The van der Waals surface area contributed by atoms with E-state index in [9.17, 15) is 14.0 Å². The highest BCUT2D eigenvalue weighted by Gasteiger charge is 2.32. The van der Waals surface area contributed by atoms with Crippen LogP contribution in [0.5, 0.6) is 0 Å². The minimum absolute atomic E-state index is 0.0292. The van der Waals surface area contributed by atoms with Crippen molar-refractivity contribution in [1.82, 2.24) is 15.0 Å². The number of ketones is 1. The van der Waals surface area contributed by atoms with Gasteiger partial charge in [0.1, 0.15) is 16.3 Å². The Morgan fingerprint density at radius 3 is 2.82 bits per heavy atom. The number of Topliss-reactive ketones (excluding diaryl/α,β-unsaturated/α-hetero) is 1. The van der Waals surface area contributed by atoms with E-state index in [1.807, 2.05) is 6.92 Å². The van der Waals surface area contributed by atoms with Gasteiger partial charge in [-0.2, -0.15) is 0 Å². The number of aromatic nitrogens is 3. The first-order valence-corrected chi connectivity index (χ1v) is 12.4. The monoisotopic (exact) mass is 504 g/mol. The van der Waals surface area contributed by atoms with E-state index in [-0.39, 0.29) is 40.5 Å². The number of piperidine rings is 1. The maximum Gasteiger partial charge on any atom is 0.350 e. The Bertz CT molecular complexity index is 1190. The van der Waals surface area contributed by atoms with E-state index >= 15 is 0 Å². The van der Waals surface area contributed by atoms with Crippen LogP contribution >= 0.6 is 22.9 Å². The van der Waals surface area contributed by atoms with Gasteiger partial charge in [0.25, 0.3) is 0 Å². The van der Waals surface area contributed by atoms with E-state index in [2.05, 4.69) is 26.8 Å². The van der Waals surface area contributed by atoms with Gasteiger partial charge in [-0.3, -0.25) is 9.78 Å². The molecular weight excluding hydrogens is 479 g/mol. The van der Waals surface area contributed by atoms with Crippen molar-refractivity contribution in [1.29, 1.82) is 0 Å². The van der Waals surface area contributed by atoms with Crippen LogP contribution in [-0.4, -0.2) is 46.4 Å². The Morgan fingerprint density at radius 1 is 1.38 bits per heavy atom. The average Bonchev–Trinajstić information content (AvgIpc) is 3.39. The topological polar surface area (TPSA) is 88.2 Å². The van der Waals surface area contributed by atoms with Crippen molar-refractivity contribution in [3.05, 3.63) is 51.5 Å². The second-order valence-corrected chi connectivity index (χ2v) is 9.87. The Balaban J connectivity index is 1.52. The molecule has 1 fully saturated rings. The fourth-order valence-electron chi connectivity index (χ4n) is 4.20. The lowest BCUT2D eigenvalue weighted by Gasteiger charge is -2.36. The van der Waals surface area contributed by atoms with Crippen molar-refractivity contribution in [3.63, 3.8) is 0 Å². The number of hydrogen-bond acceptors (Lipinski definition) is 7. The molecule has 4 rings (SSSR count). The van der Waals surface area contributed by atoms with E-state index in [1.165, 1.54) is 29.7 Å². The summed E-state index contributed by atoms with van der Waals surface area (Å²) in [6, 6.07) is 4.47. The van der Waals surface area contributed by atoms with E-state index in [4.69, 9.17) is 16.3 Å². The van der Waals surface area contributed by atoms with Gasteiger partial charge in [0, 0.05) is 31.4 Å². The minimum Gasteiger partial charge on any atom is -0.462 e. The first-order chi connectivity index (χ1) is 16.3. The second kappa shape index (κ2) is 10.2. The fourth-order valence-corrected chi connectivity index (χ4v) is 5.35. The number of pyridine rings is 1. The minimum atomic E-state index is -0.546. The molecule has 1 N–H and O–H groups in total. The van der Waals surface area contributed by atoms with E-state index in [0.717, 1.165) is 12.1 Å². The first-order valence-electron chi connectivity index (χ1n) is 11.2. The van der Waals surface area contributed by atoms with Crippen LogP contribution in [0.2, 0.25) is 5.02 Å². The summed E-state index contributed by atoms with van der Waals surface area (Å²) in [4.78, 5) is 39.4. The number of nitrogens with zero attached hydrogens (tertiary/aromatic N) is 3. The third kappa shape index (κ3) is 5.00.